The van der Waals surface area contributed by atoms with Crippen LogP contribution in [0.2, 0.25) is 0 Å². The third kappa shape index (κ3) is 4.58. The Hall–Kier alpha value is -3.65. The van der Waals surface area contributed by atoms with E-state index in [1.807, 2.05) is 42.5 Å². The highest BCUT2D eigenvalue weighted by molar-refractivity contribution is 6.02. The van der Waals surface area contributed by atoms with Crippen LogP contribution in [0.4, 0.5) is 5.69 Å². The number of likely N-dealkylation sites (tertiary alicyclic amines) is 1. The number of rotatable bonds is 8. The molecule has 0 radical (unpaired) electrons. The van der Waals surface area contributed by atoms with Gasteiger partial charge in [0.1, 0.15) is 17.4 Å². The van der Waals surface area contributed by atoms with Crippen LogP contribution in [0.15, 0.2) is 66.7 Å². The first kappa shape index (κ1) is 26.6. The lowest BCUT2D eigenvalue weighted by atomic mass is 9.74. The van der Waals surface area contributed by atoms with Crippen LogP contribution in [0.1, 0.15) is 38.2 Å². The Kier molecular flexibility index (Phi) is 7.13. The fourth-order valence-electron chi connectivity index (χ4n) is 7.12. The second-order valence-corrected chi connectivity index (χ2v) is 11.6. The molecule has 40 heavy (non-hydrogen) atoms. The van der Waals surface area contributed by atoms with Gasteiger partial charge in [0, 0.05) is 24.3 Å². The van der Waals surface area contributed by atoms with Gasteiger partial charge in [-0.1, -0.05) is 68.3 Å². The summed E-state index contributed by atoms with van der Waals surface area (Å²) in [6.45, 7) is 2.54. The van der Waals surface area contributed by atoms with E-state index in [4.69, 9.17) is 9.47 Å². The molecule has 210 valence electrons. The predicted molar refractivity (Wildman–Crippen MR) is 151 cm³/mol. The third-order valence-corrected chi connectivity index (χ3v) is 9.19. The van der Waals surface area contributed by atoms with Gasteiger partial charge < -0.3 is 25.0 Å². The number of hydrogen-bond acceptors (Lipinski definition) is 5. The van der Waals surface area contributed by atoms with Gasteiger partial charge >= 0.3 is 0 Å². The average Bonchev–Trinajstić information content (AvgIpc) is 3.61. The van der Waals surface area contributed by atoms with E-state index in [-0.39, 0.29) is 23.8 Å². The summed E-state index contributed by atoms with van der Waals surface area (Å²) in [5.41, 5.74) is 0.492. The van der Waals surface area contributed by atoms with Crippen molar-refractivity contribution < 1.29 is 23.9 Å². The second kappa shape index (κ2) is 10.7. The van der Waals surface area contributed by atoms with Gasteiger partial charge in [-0.15, -0.1) is 0 Å². The first-order valence-electron chi connectivity index (χ1n) is 14.4. The smallest absolute Gasteiger partial charge is 0.246 e. The zero-order valence-electron chi connectivity index (χ0n) is 23.0. The fraction of sp³-hybridized carbons (Fsp3) is 0.469. The molecule has 6 rings (SSSR count). The Balaban J connectivity index is 1.29. The Morgan fingerprint density at radius 2 is 1.88 bits per heavy atom. The molecule has 1 spiro atoms. The summed E-state index contributed by atoms with van der Waals surface area (Å²) in [5.74, 6) is -1.22. The summed E-state index contributed by atoms with van der Waals surface area (Å²) in [5, 5.41) is 6.24. The monoisotopic (exact) mass is 543 g/mol. The molecule has 1 saturated carbocycles. The molecule has 2 N–H and O–H groups in total. The number of hydrogen-bond donors (Lipinski definition) is 2. The van der Waals surface area contributed by atoms with E-state index in [9.17, 15) is 14.4 Å². The fourth-order valence-corrected chi connectivity index (χ4v) is 7.12. The number of carbonyl (C=O) groups is 3. The molecule has 1 aliphatic carbocycles. The normalized spacial score (nSPS) is 32.1. The molecule has 3 amide bonds. The van der Waals surface area contributed by atoms with Crippen molar-refractivity contribution in [3.63, 3.8) is 0 Å². The van der Waals surface area contributed by atoms with Crippen molar-refractivity contribution in [1.82, 2.24) is 10.2 Å². The van der Waals surface area contributed by atoms with Crippen LogP contribution in [-0.2, 0) is 25.5 Å². The second-order valence-electron chi connectivity index (χ2n) is 11.6. The van der Waals surface area contributed by atoms with Crippen LogP contribution in [0.3, 0.4) is 0 Å². The van der Waals surface area contributed by atoms with Crippen molar-refractivity contribution in [1.29, 1.82) is 0 Å². The molecular formula is C32H37N3O5. The molecule has 0 aromatic heterocycles. The van der Waals surface area contributed by atoms with E-state index < -0.39 is 29.6 Å². The lowest BCUT2D eigenvalue weighted by Crippen LogP contribution is -2.57. The molecule has 8 nitrogen and oxygen atoms in total. The van der Waals surface area contributed by atoms with Crippen LogP contribution < -0.4 is 15.4 Å². The van der Waals surface area contributed by atoms with Gasteiger partial charge in [-0.3, -0.25) is 14.4 Å². The molecule has 3 heterocycles. The van der Waals surface area contributed by atoms with E-state index >= 15 is 0 Å². The van der Waals surface area contributed by atoms with Crippen LogP contribution in [0, 0.1) is 17.8 Å². The van der Waals surface area contributed by atoms with Crippen molar-refractivity contribution in [2.45, 2.75) is 62.8 Å². The summed E-state index contributed by atoms with van der Waals surface area (Å²) < 4.78 is 11.8. The molecule has 2 aromatic rings. The summed E-state index contributed by atoms with van der Waals surface area (Å²) in [7, 11) is 1.57. The molecule has 4 aliphatic rings. The van der Waals surface area contributed by atoms with Gasteiger partial charge in [0.25, 0.3) is 0 Å². The van der Waals surface area contributed by atoms with E-state index in [1.165, 1.54) is 6.42 Å². The van der Waals surface area contributed by atoms with Gasteiger partial charge in [0.2, 0.25) is 17.7 Å². The molecule has 3 fully saturated rings. The summed E-state index contributed by atoms with van der Waals surface area (Å²) >= 11 is 0. The number of anilines is 1. The van der Waals surface area contributed by atoms with Crippen LogP contribution in [-0.4, -0.2) is 60.1 Å². The number of benzene rings is 2. The number of nitrogens with one attached hydrogen (secondary N) is 2. The Bertz CT molecular complexity index is 1310. The van der Waals surface area contributed by atoms with Gasteiger partial charge in [0.15, 0.2) is 0 Å². The van der Waals surface area contributed by atoms with Gasteiger partial charge in [-0.2, -0.15) is 0 Å². The predicted octanol–water partition coefficient (Wildman–Crippen LogP) is 3.72. The molecule has 2 aromatic carbocycles. The summed E-state index contributed by atoms with van der Waals surface area (Å²) in [4.78, 5) is 43.6. The number of ether oxygens (including phenoxy) is 2. The van der Waals surface area contributed by atoms with Crippen LogP contribution in [0.5, 0.6) is 5.75 Å². The topological polar surface area (TPSA) is 97.0 Å². The van der Waals surface area contributed by atoms with E-state index in [1.54, 1.807) is 36.3 Å². The standard InChI is InChI=1S/C32H37N3O5/c1-20-9-6-7-14-24(20)34-30(37)28-32-17-15-25(40-32)26(29(36)33-22-12-8-13-23(19-22)39-2)27(32)31(38)35(28)18-16-21-10-4-3-5-11-21/h3-5,8,10-13,15,17,19-20,24-28H,6-7,9,14,16,18H2,1-2H3,(H,33,36)(H,34,37)/t20-,24-,25-,26+,27-,28-,32-/m1/s1. The number of carbonyl (C=O) groups excluding carboxylic acids is 3. The summed E-state index contributed by atoms with van der Waals surface area (Å²) in [6, 6.07) is 16.3. The number of fused-ring (bicyclic) bond motifs is 1. The molecule has 0 unspecified atom stereocenters. The van der Waals surface area contributed by atoms with E-state index in [0.29, 0.717) is 30.3 Å². The maximum Gasteiger partial charge on any atom is 0.246 e. The SMILES string of the molecule is COc1cccc(NC(=O)[C@H]2[C@H]3C=C[C@@]4(O3)[C@H]2C(=O)N(CCc2ccccc2)[C@@H]4C(=O)N[C@@H]2CCCC[C@H]2C)c1. The first-order chi connectivity index (χ1) is 19.4. The Labute approximate surface area is 235 Å². The third-order valence-electron chi connectivity index (χ3n) is 9.19. The minimum absolute atomic E-state index is 0.0671. The minimum atomic E-state index is -1.17. The zero-order chi connectivity index (χ0) is 27.9. The highest BCUT2D eigenvalue weighted by atomic mass is 16.5. The van der Waals surface area contributed by atoms with Crippen molar-refractivity contribution in [3.05, 3.63) is 72.3 Å². The molecule has 2 saturated heterocycles. The molecule has 2 bridgehead atoms. The quantitative estimate of drug-likeness (QED) is 0.495. The maximum absolute atomic E-state index is 14.2. The maximum atomic E-state index is 14.2. The largest absolute Gasteiger partial charge is 0.497 e. The van der Waals surface area contributed by atoms with Gasteiger partial charge in [-0.25, -0.2) is 0 Å². The molecule has 7 atom stereocenters. The minimum Gasteiger partial charge on any atom is -0.497 e. The summed E-state index contributed by atoms with van der Waals surface area (Å²) in [6.07, 6.45) is 8.00. The molecule has 8 heteroatoms. The van der Waals surface area contributed by atoms with E-state index in [2.05, 4.69) is 17.6 Å². The highest BCUT2D eigenvalue weighted by Crippen LogP contribution is 2.55. The van der Waals surface area contributed by atoms with Gasteiger partial charge in [0.05, 0.1) is 25.0 Å². The lowest BCUT2D eigenvalue weighted by molar-refractivity contribution is -0.141. The van der Waals surface area contributed by atoms with Crippen molar-refractivity contribution in [2.75, 3.05) is 19.0 Å². The lowest BCUT2D eigenvalue weighted by Gasteiger charge is -2.36. The average molecular weight is 544 g/mol. The van der Waals surface area contributed by atoms with Crippen molar-refractivity contribution in [3.8, 4) is 5.75 Å². The van der Waals surface area contributed by atoms with Crippen LogP contribution >= 0.6 is 0 Å². The number of methoxy groups -OCH3 is 1. The highest BCUT2D eigenvalue weighted by Gasteiger charge is 2.72. The number of amides is 3. The van der Waals surface area contributed by atoms with Crippen molar-refractivity contribution in [2.24, 2.45) is 17.8 Å². The Morgan fingerprint density at radius 1 is 1.07 bits per heavy atom. The number of nitrogens with zero attached hydrogens (tertiary/aromatic N) is 1. The van der Waals surface area contributed by atoms with Gasteiger partial charge in [-0.05, 0) is 42.9 Å². The first-order valence-corrected chi connectivity index (χ1v) is 14.4. The zero-order valence-corrected chi connectivity index (χ0v) is 23.0. The van der Waals surface area contributed by atoms with Crippen LogP contribution in [0.25, 0.3) is 0 Å². The molecular weight excluding hydrogens is 506 g/mol. The Morgan fingerprint density at radius 3 is 2.65 bits per heavy atom. The molecule has 3 aliphatic heterocycles. The van der Waals surface area contributed by atoms with Crippen molar-refractivity contribution >= 4 is 23.4 Å². The van der Waals surface area contributed by atoms with E-state index in [0.717, 1.165) is 24.8 Å².